The molecular formula is C13H17NO2. The lowest BCUT2D eigenvalue weighted by Crippen LogP contribution is -2.23. The molecule has 3 nitrogen and oxygen atoms in total. The summed E-state index contributed by atoms with van der Waals surface area (Å²) in [6.45, 7) is 1.64. The Bertz CT molecular complexity index is 381. The van der Waals surface area contributed by atoms with Crippen molar-refractivity contribution >= 4 is 0 Å². The van der Waals surface area contributed by atoms with Crippen molar-refractivity contribution in [1.82, 2.24) is 5.32 Å². The van der Waals surface area contributed by atoms with Crippen molar-refractivity contribution in [2.24, 2.45) is 11.3 Å². The molecule has 3 N–H and O–H groups in total. The van der Waals surface area contributed by atoms with E-state index in [2.05, 4.69) is 17.4 Å². The van der Waals surface area contributed by atoms with Gasteiger partial charge in [-0.2, -0.15) is 0 Å². The SMILES string of the molecule is OC[C@@H]1[C@@H](c2ccccc2)[C@]12CNC[C@@H]2O. The molecule has 4 atom stereocenters. The van der Waals surface area contributed by atoms with Crippen molar-refractivity contribution in [3.05, 3.63) is 35.9 Å². The maximum atomic E-state index is 10.1. The normalized spacial score (nSPS) is 41.5. The number of hydrogen-bond acceptors (Lipinski definition) is 3. The molecule has 1 saturated carbocycles. The highest BCUT2D eigenvalue weighted by atomic mass is 16.3. The highest BCUT2D eigenvalue weighted by molar-refractivity contribution is 5.36. The Morgan fingerprint density at radius 3 is 2.62 bits per heavy atom. The van der Waals surface area contributed by atoms with E-state index in [1.807, 2.05) is 18.2 Å². The van der Waals surface area contributed by atoms with Crippen molar-refractivity contribution in [1.29, 1.82) is 0 Å². The van der Waals surface area contributed by atoms with Gasteiger partial charge < -0.3 is 15.5 Å². The van der Waals surface area contributed by atoms with Crippen LogP contribution in [-0.4, -0.2) is 36.0 Å². The van der Waals surface area contributed by atoms with Gasteiger partial charge in [-0.25, -0.2) is 0 Å². The Kier molecular flexibility index (Phi) is 2.28. The Morgan fingerprint density at radius 1 is 1.31 bits per heavy atom. The summed E-state index contributed by atoms with van der Waals surface area (Å²) >= 11 is 0. The summed E-state index contributed by atoms with van der Waals surface area (Å²) in [5.41, 5.74) is 1.13. The number of aliphatic hydroxyl groups excluding tert-OH is 2. The Balaban J connectivity index is 1.93. The molecule has 0 amide bonds. The molecule has 1 aromatic carbocycles. The van der Waals surface area contributed by atoms with Gasteiger partial charge in [-0.05, 0) is 17.4 Å². The third-order valence-corrected chi connectivity index (χ3v) is 4.31. The summed E-state index contributed by atoms with van der Waals surface area (Å²) in [7, 11) is 0. The summed E-state index contributed by atoms with van der Waals surface area (Å²) in [4.78, 5) is 0. The van der Waals surface area contributed by atoms with Crippen LogP contribution in [0.5, 0.6) is 0 Å². The minimum absolute atomic E-state index is 0.115. The lowest BCUT2D eigenvalue weighted by molar-refractivity contribution is 0.113. The van der Waals surface area contributed by atoms with E-state index in [1.165, 1.54) is 5.56 Å². The van der Waals surface area contributed by atoms with Gasteiger partial charge in [0.25, 0.3) is 0 Å². The zero-order chi connectivity index (χ0) is 11.2. The standard InChI is InChI=1S/C13H17NO2/c15-7-10-12(9-4-2-1-3-5-9)13(10)8-14-6-11(13)16/h1-5,10-12,14-16H,6-8H2/t10-,11+,12-,13-/m1/s1. The van der Waals surface area contributed by atoms with E-state index in [-0.39, 0.29) is 24.0 Å². The second-order valence-electron chi connectivity index (χ2n) is 4.94. The first-order valence-corrected chi connectivity index (χ1v) is 5.85. The summed E-state index contributed by atoms with van der Waals surface area (Å²) in [5, 5.41) is 22.7. The van der Waals surface area contributed by atoms with Crippen LogP contribution in [0.25, 0.3) is 0 Å². The molecule has 0 radical (unpaired) electrons. The molecule has 1 heterocycles. The number of benzene rings is 1. The molecule has 2 fully saturated rings. The second kappa shape index (κ2) is 3.55. The van der Waals surface area contributed by atoms with Crippen LogP contribution in [0.3, 0.4) is 0 Å². The van der Waals surface area contributed by atoms with Crippen molar-refractivity contribution in [2.75, 3.05) is 19.7 Å². The Hall–Kier alpha value is -0.900. The van der Waals surface area contributed by atoms with E-state index in [1.54, 1.807) is 0 Å². The molecule has 3 rings (SSSR count). The van der Waals surface area contributed by atoms with Crippen LogP contribution in [-0.2, 0) is 0 Å². The first-order chi connectivity index (χ1) is 7.80. The Labute approximate surface area is 95.1 Å². The van der Waals surface area contributed by atoms with Crippen molar-refractivity contribution in [3.63, 3.8) is 0 Å². The fourth-order valence-corrected chi connectivity index (χ4v) is 3.45. The van der Waals surface area contributed by atoms with E-state index in [4.69, 9.17) is 0 Å². The van der Waals surface area contributed by atoms with Gasteiger partial charge in [0.15, 0.2) is 0 Å². The van der Waals surface area contributed by atoms with Crippen molar-refractivity contribution < 1.29 is 10.2 Å². The number of nitrogens with one attached hydrogen (secondary N) is 1. The first kappa shape index (κ1) is 10.3. The van der Waals surface area contributed by atoms with E-state index in [0.29, 0.717) is 12.5 Å². The van der Waals surface area contributed by atoms with E-state index in [9.17, 15) is 10.2 Å². The predicted octanol–water partition coefficient (Wildman–Crippen LogP) is 0.343. The Morgan fingerprint density at radius 2 is 2.06 bits per heavy atom. The minimum atomic E-state index is -0.324. The van der Waals surface area contributed by atoms with Gasteiger partial charge in [0, 0.05) is 25.1 Å². The molecule has 1 aliphatic carbocycles. The van der Waals surface area contributed by atoms with E-state index < -0.39 is 0 Å². The number of aliphatic hydroxyl groups is 2. The lowest BCUT2D eigenvalue weighted by atomic mass is 9.95. The smallest absolute Gasteiger partial charge is 0.0742 e. The van der Waals surface area contributed by atoms with Gasteiger partial charge in [0.2, 0.25) is 0 Å². The minimum Gasteiger partial charge on any atom is -0.396 e. The lowest BCUT2D eigenvalue weighted by Gasteiger charge is -2.13. The van der Waals surface area contributed by atoms with Crippen LogP contribution in [0.4, 0.5) is 0 Å². The molecule has 1 spiro atoms. The van der Waals surface area contributed by atoms with Gasteiger partial charge in [0.1, 0.15) is 0 Å². The third-order valence-electron chi connectivity index (χ3n) is 4.31. The number of hydrogen-bond donors (Lipinski definition) is 3. The number of β-amino-alcohol motifs (C(OH)–C–C–N with tert-alkyl or cyclic N) is 1. The van der Waals surface area contributed by atoms with Crippen molar-refractivity contribution in [3.8, 4) is 0 Å². The fraction of sp³-hybridized carbons (Fsp3) is 0.538. The summed E-state index contributed by atoms with van der Waals surface area (Å²) < 4.78 is 0. The second-order valence-corrected chi connectivity index (χ2v) is 4.94. The molecule has 1 aromatic rings. The number of rotatable bonds is 2. The van der Waals surface area contributed by atoms with Gasteiger partial charge in [-0.3, -0.25) is 0 Å². The third kappa shape index (κ3) is 1.19. The highest BCUT2D eigenvalue weighted by Crippen LogP contribution is 2.67. The van der Waals surface area contributed by atoms with Crippen LogP contribution in [0, 0.1) is 11.3 Å². The van der Waals surface area contributed by atoms with Crippen LogP contribution >= 0.6 is 0 Å². The van der Waals surface area contributed by atoms with Crippen LogP contribution in [0.2, 0.25) is 0 Å². The van der Waals surface area contributed by atoms with Gasteiger partial charge in [0.05, 0.1) is 6.10 Å². The molecule has 86 valence electrons. The fourth-order valence-electron chi connectivity index (χ4n) is 3.45. The van der Waals surface area contributed by atoms with Crippen LogP contribution < -0.4 is 5.32 Å². The summed E-state index contributed by atoms with van der Waals surface area (Å²) in [5.74, 6) is 0.517. The molecule has 0 bridgehead atoms. The average molecular weight is 219 g/mol. The molecule has 0 unspecified atom stereocenters. The quantitative estimate of drug-likeness (QED) is 0.672. The predicted molar refractivity (Wildman–Crippen MR) is 61.1 cm³/mol. The first-order valence-electron chi connectivity index (χ1n) is 5.85. The van der Waals surface area contributed by atoms with Crippen LogP contribution in [0.1, 0.15) is 11.5 Å². The van der Waals surface area contributed by atoms with E-state index >= 15 is 0 Å². The molecule has 16 heavy (non-hydrogen) atoms. The molecular weight excluding hydrogens is 202 g/mol. The zero-order valence-electron chi connectivity index (χ0n) is 9.13. The highest BCUT2D eigenvalue weighted by Gasteiger charge is 2.69. The van der Waals surface area contributed by atoms with Gasteiger partial charge in [-0.15, -0.1) is 0 Å². The molecule has 1 saturated heterocycles. The molecule has 0 aromatic heterocycles. The summed E-state index contributed by atoms with van der Waals surface area (Å²) in [6, 6.07) is 10.2. The average Bonchev–Trinajstić information content (AvgIpc) is 2.84. The maximum absolute atomic E-state index is 10.1. The van der Waals surface area contributed by atoms with Gasteiger partial charge in [-0.1, -0.05) is 30.3 Å². The molecule has 2 aliphatic rings. The largest absolute Gasteiger partial charge is 0.396 e. The zero-order valence-corrected chi connectivity index (χ0v) is 9.13. The van der Waals surface area contributed by atoms with Crippen LogP contribution in [0.15, 0.2) is 30.3 Å². The monoisotopic (exact) mass is 219 g/mol. The van der Waals surface area contributed by atoms with E-state index in [0.717, 1.165) is 6.54 Å². The van der Waals surface area contributed by atoms with Crippen molar-refractivity contribution in [2.45, 2.75) is 12.0 Å². The maximum Gasteiger partial charge on any atom is 0.0742 e. The van der Waals surface area contributed by atoms with Gasteiger partial charge >= 0.3 is 0 Å². The molecule has 3 heteroatoms. The topological polar surface area (TPSA) is 52.5 Å². The summed E-state index contributed by atoms with van der Waals surface area (Å²) in [6.07, 6.45) is -0.324. The molecule has 1 aliphatic heterocycles.